The lowest BCUT2D eigenvalue weighted by atomic mass is 10.2. The summed E-state index contributed by atoms with van der Waals surface area (Å²) >= 11 is 3.80. The quantitative estimate of drug-likeness (QED) is 0.775. The van der Waals surface area contributed by atoms with Gasteiger partial charge in [-0.3, -0.25) is 9.78 Å². The van der Waals surface area contributed by atoms with Gasteiger partial charge in [0.2, 0.25) is 0 Å². The van der Waals surface area contributed by atoms with Crippen LogP contribution in [0.15, 0.2) is 29.6 Å². The molecule has 0 saturated heterocycles. The average molecular weight is 372 g/mol. The minimum atomic E-state index is 0.0393. The summed E-state index contributed by atoms with van der Waals surface area (Å²) < 4.78 is 1.12. The molecule has 2 aromatic heterocycles. The van der Waals surface area contributed by atoms with Crippen molar-refractivity contribution >= 4 is 39.8 Å². The van der Waals surface area contributed by atoms with Gasteiger partial charge in [-0.25, -0.2) is 0 Å². The minimum Gasteiger partial charge on any atom is -0.336 e. The van der Waals surface area contributed by atoms with Gasteiger partial charge in [-0.2, -0.15) is 0 Å². The number of hydrogen-bond acceptors (Lipinski definition) is 3. The van der Waals surface area contributed by atoms with Crippen molar-refractivity contribution in [2.24, 2.45) is 0 Å². The highest BCUT2D eigenvalue weighted by Crippen LogP contribution is 2.18. The topological polar surface area (TPSA) is 33.2 Å². The molecule has 1 amide bonds. The maximum Gasteiger partial charge on any atom is 0.254 e. The highest BCUT2D eigenvalue weighted by molar-refractivity contribution is 14.1. The Hall–Kier alpha value is -0.950. The number of amides is 1. The predicted molar refractivity (Wildman–Crippen MR) is 81.8 cm³/mol. The number of carbonyl (C=O) groups is 1. The van der Waals surface area contributed by atoms with Crippen LogP contribution in [0.5, 0.6) is 0 Å². The first-order valence-corrected chi connectivity index (χ1v) is 7.44. The Bertz CT molecular complexity index is 568. The van der Waals surface area contributed by atoms with Crippen LogP contribution in [-0.4, -0.2) is 22.8 Å². The molecule has 0 atom stereocenters. The van der Waals surface area contributed by atoms with Crippen LogP contribution in [0.3, 0.4) is 0 Å². The molecule has 0 N–H and O–H groups in total. The molecule has 5 heteroatoms. The predicted octanol–water partition coefficient (Wildman–Crippen LogP) is 3.33. The number of nitrogens with zero attached hydrogens (tertiary/aromatic N) is 2. The molecule has 0 bridgehead atoms. The molecular formula is C13H13IN2OS. The number of rotatable bonds is 3. The lowest BCUT2D eigenvalue weighted by Gasteiger charge is -2.16. The SMILES string of the molecule is Cc1cccc(CN(C)C(=O)c2csc(I)c2)n1. The number of pyridine rings is 1. The summed E-state index contributed by atoms with van der Waals surface area (Å²) in [5, 5.41) is 1.89. The van der Waals surface area contributed by atoms with Crippen molar-refractivity contribution in [2.45, 2.75) is 13.5 Å². The van der Waals surface area contributed by atoms with Gasteiger partial charge in [0.1, 0.15) is 0 Å². The number of hydrogen-bond donors (Lipinski definition) is 0. The van der Waals surface area contributed by atoms with E-state index in [0.717, 1.165) is 19.8 Å². The van der Waals surface area contributed by atoms with Gasteiger partial charge < -0.3 is 4.90 Å². The van der Waals surface area contributed by atoms with E-state index in [4.69, 9.17) is 0 Å². The Morgan fingerprint density at radius 1 is 1.50 bits per heavy atom. The molecule has 0 radical (unpaired) electrons. The second kappa shape index (κ2) is 5.79. The van der Waals surface area contributed by atoms with E-state index in [1.54, 1.807) is 23.3 Å². The molecule has 0 aliphatic rings. The Labute approximate surface area is 124 Å². The summed E-state index contributed by atoms with van der Waals surface area (Å²) in [5.41, 5.74) is 2.63. The van der Waals surface area contributed by atoms with Gasteiger partial charge in [0.15, 0.2) is 0 Å². The molecule has 0 fully saturated rings. The second-order valence-electron chi connectivity index (χ2n) is 4.07. The third-order valence-electron chi connectivity index (χ3n) is 2.51. The summed E-state index contributed by atoms with van der Waals surface area (Å²) in [7, 11) is 1.80. The molecule has 0 saturated carbocycles. The fourth-order valence-electron chi connectivity index (χ4n) is 1.64. The van der Waals surface area contributed by atoms with E-state index >= 15 is 0 Å². The summed E-state index contributed by atoms with van der Waals surface area (Å²) in [5.74, 6) is 0.0393. The fourth-order valence-corrected chi connectivity index (χ4v) is 2.97. The molecule has 3 nitrogen and oxygen atoms in total. The van der Waals surface area contributed by atoms with Crippen molar-refractivity contribution in [1.29, 1.82) is 0 Å². The standard InChI is InChI=1S/C13H13IN2OS/c1-9-4-3-5-11(15-9)7-16(2)13(17)10-6-12(14)18-8-10/h3-6,8H,7H2,1-2H3. The molecule has 2 rings (SSSR count). The number of aryl methyl sites for hydroxylation is 1. The fraction of sp³-hybridized carbons (Fsp3) is 0.231. The minimum absolute atomic E-state index is 0.0393. The molecule has 0 aliphatic heterocycles. The van der Waals surface area contributed by atoms with Crippen LogP contribution in [0.25, 0.3) is 0 Å². The monoisotopic (exact) mass is 372 g/mol. The zero-order valence-electron chi connectivity index (χ0n) is 10.2. The zero-order chi connectivity index (χ0) is 13.1. The van der Waals surface area contributed by atoms with Gasteiger partial charge in [0.05, 0.1) is 20.7 Å². The second-order valence-corrected chi connectivity index (χ2v) is 6.88. The van der Waals surface area contributed by atoms with E-state index in [-0.39, 0.29) is 5.91 Å². The molecular weight excluding hydrogens is 359 g/mol. The van der Waals surface area contributed by atoms with Crippen LogP contribution in [0.1, 0.15) is 21.7 Å². The number of carbonyl (C=O) groups excluding carboxylic acids is 1. The first kappa shape index (κ1) is 13.5. The van der Waals surface area contributed by atoms with Crippen LogP contribution in [-0.2, 0) is 6.54 Å². The summed E-state index contributed by atoms with van der Waals surface area (Å²) in [6.07, 6.45) is 0. The number of thiophene rings is 1. The van der Waals surface area contributed by atoms with Crippen molar-refractivity contribution in [3.8, 4) is 0 Å². The molecule has 94 valence electrons. The Balaban J connectivity index is 2.08. The first-order valence-electron chi connectivity index (χ1n) is 5.48. The maximum atomic E-state index is 12.1. The van der Waals surface area contributed by atoms with Crippen LogP contribution < -0.4 is 0 Å². The van der Waals surface area contributed by atoms with E-state index < -0.39 is 0 Å². The molecule has 18 heavy (non-hydrogen) atoms. The number of halogens is 1. The van der Waals surface area contributed by atoms with Crippen LogP contribution in [0.2, 0.25) is 0 Å². The van der Waals surface area contributed by atoms with Crippen molar-refractivity contribution in [3.05, 3.63) is 49.5 Å². The van der Waals surface area contributed by atoms with Crippen molar-refractivity contribution in [1.82, 2.24) is 9.88 Å². The van der Waals surface area contributed by atoms with Gasteiger partial charge in [0, 0.05) is 18.1 Å². The maximum absolute atomic E-state index is 12.1. The molecule has 0 aromatic carbocycles. The summed E-state index contributed by atoms with van der Waals surface area (Å²) in [6.45, 7) is 2.49. The van der Waals surface area contributed by atoms with Crippen LogP contribution in [0.4, 0.5) is 0 Å². The van der Waals surface area contributed by atoms with Crippen LogP contribution >= 0.6 is 33.9 Å². The van der Waals surface area contributed by atoms with Gasteiger partial charge in [-0.15, -0.1) is 11.3 Å². The van der Waals surface area contributed by atoms with E-state index in [1.807, 2.05) is 36.6 Å². The van der Waals surface area contributed by atoms with Gasteiger partial charge in [-0.05, 0) is 47.7 Å². The molecule has 2 heterocycles. The van der Waals surface area contributed by atoms with E-state index in [1.165, 1.54) is 0 Å². The first-order chi connectivity index (χ1) is 8.56. The highest BCUT2D eigenvalue weighted by Gasteiger charge is 2.13. The Morgan fingerprint density at radius 3 is 2.89 bits per heavy atom. The molecule has 0 aliphatic carbocycles. The highest BCUT2D eigenvalue weighted by atomic mass is 127. The van der Waals surface area contributed by atoms with Crippen molar-refractivity contribution in [2.75, 3.05) is 7.05 Å². The van der Waals surface area contributed by atoms with Gasteiger partial charge >= 0.3 is 0 Å². The smallest absolute Gasteiger partial charge is 0.254 e. The third kappa shape index (κ3) is 3.29. The van der Waals surface area contributed by atoms with E-state index in [2.05, 4.69) is 27.6 Å². The van der Waals surface area contributed by atoms with E-state index in [0.29, 0.717) is 6.54 Å². The summed E-state index contributed by atoms with van der Waals surface area (Å²) in [6, 6.07) is 7.76. The van der Waals surface area contributed by atoms with Gasteiger partial charge in [0.25, 0.3) is 5.91 Å². The molecule has 0 unspecified atom stereocenters. The van der Waals surface area contributed by atoms with Crippen molar-refractivity contribution in [3.63, 3.8) is 0 Å². The van der Waals surface area contributed by atoms with Gasteiger partial charge in [-0.1, -0.05) is 6.07 Å². The zero-order valence-corrected chi connectivity index (χ0v) is 13.2. The largest absolute Gasteiger partial charge is 0.336 e. The Morgan fingerprint density at radius 2 is 2.28 bits per heavy atom. The molecule has 0 spiro atoms. The Kier molecular flexibility index (Phi) is 4.34. The van der Waals surface area contributed by atoms with Crippen LogP contribution in [0, 0.1) is 9.81 Å². The lowest BCUT2D eigenvalue weighted by Crippen LogP contribution is -2.26. The lowest BCUT2D eigenvalue weighted by molar-refractivity contribution is 0.0784. The number of aromatic nitrogens is 1. The van der Waals surface area contributed by atoms with E-state index in [9.17, 15) is 4.79 Å². The average Bonchev–Trinajstić information content (AvgIpc) is 2.75. The normalized spacial score (nSPS) is 10.4. The van der Waals surface area contributed by atoms with Crippen molar-refractivity contribution < 1.29 is 4.79 Å². The summed E-state index contributed by atoms with van der Waals surface area (Å²) in [4.78, 5) is 18.2. The third-order valence-corrected chi connectivity index (χ3v) is 4.30. The molecule has 2 aromatic rings.